The second-order valence-electron chi connectivity index (χ2n) is 4.88. The molecule has 2 heterocycles. The highest BCUT2D eigenvalue weighted by atomic mass is 35.5. The molecule has 0 aromatic carbocycles. The summed E-state index contributed by atoms with van der Waals surface area (Å²) in [5.74, 6) is 0.775. The van der Waals surface area contributed by atoms with Crippen molar-refractivity contribution in [2.75, 3.05) is 13.1 Å². The number of hydrogen-bond donors (Lipinski definition) is 1. The first kappa shape index (κ1) is 11.5. The van der Waals surface area contributed by atoms with Gasteiger partial charge in [0.25, 0.3) is 5.91 Å². The van der Waals surface area contributed by atoms with Crippen LogP contribution in [0.25, 0.3) is 0 Å². The largest absolute Gasteiger partial charge is 0.393 e. The zero-order valence-electron chi connectivity index (χ0n) is 9.30. The summed E-state index contributed by atoms with van der Waals surface area (Å²) in [6, 6.07) is 1.76. The van der Waals surface area contributed by atoms with Crippen LogP contribution in [-0.2, 0) is 0 Å². The Bertz CT molecular complexity index is 447. The first-order valence-electron chi connectivity index (χ1n) is 5.87. The van der Waals surface area contributed by atoms with Crippen LogP contribution in [0.1, 0.15) is 22.5 Å². The number of aliphatic hydroxyl groups excluding tert-OH is 1. The first-order valence-corrected chi connectivity index (χ1v) is 7.13. The minimum Gasteiger partial charge on any atom is -0.393 e. The first-order chi connectivity index (χ1) is 8.16. The predicted molar refractivity (Wildman–Crippen MR) is 67.5 cm³/mol. The number of halogens is 1. The lowest BCUT2D eigenvalue weighted by Crippen LogP contribution is -2.30. The van der Waals surface area contributed by atoms with Crippen LogP contribution in [0.3, 0.4) is 0 Å². The van der Waals surface area contributed by atoms with Gasteiger partial charge in [-0.2, -0.15) is 0 Å². The molecule has 1 saturated heterocycles. The van der Waals surface area contributed by atoms with Crippen molar-refractivity contribution in [3.05, 3.63) is 21.3 Å². The molecular formula is C12H14ClNO2S. The molecule has 3 rings (SSSR count). The molecule has 2 fully saturated rings. The van der Waals surface area contributed by atoms with Gasteiger partial charge in [-0.1, -0.05) is 11.6 Å². The molecule has 17 heavy (non-hydrogen) atoms. The van der Waals surface area contributed by atoms with E-state index in [9.17, 15) is 9.90 Å². The summed E-state index contributed by atoms with van der Waals surface area (Å²) >= 11 is 7.36. The van der Waals surface area contributed by atoms with E-state index in [1.807, 2.05) is 10.3 Å². The van der Waals surface area contributed by atoms with E-state index in [2.05, 4.69) is 0 Å². The third-order valence-electron chi connectivity index (χ3n) is 3.92. The lowest BCUT2D eigenvalue weighted by molar-refractivity contribution is 0.0757. The van der Waals surface area contributed by atoms with Crippen molar-refractivity contribution in [2.24, 2.45) is 11.8 Å². The van der Waals surface area contributed by atoms with Crippen LogP contribution in [0.15, 0.2) is 11.4 Å². The topological polar surface area (TPSA) is 40.5 Å². The second-order valence-corrected chi connectivity index (χ2v) is 6.20. The molecule has 1 aliphatic heterocycles. The Hall–Kier alpha value is -0.580. The average molecular weight is 272 g/mol. The Balaban J connectivity index is 1.75. The Morgan fingerprint density at radius 2 is 2.29 bits per heavy atom. The van der Waals surface area contributed by atoms with Crippen LogP contribution >= 0.6 is 22.9 Å². The van der Waals surface area contributed by atoms with E-state index in [1.54, 1.807) is 6.07 Å². The lowest BCUT2D eigenvalue weighted by atomic mass is 10.00. The molecular weight excluding hydrogens is 258 g/mol. The molecule has 92 valence electrons. The third-order valence-corrected chi connectivity index (χ3v) is 5.25. The van der Waals surface area contributed by atoms with Crippen LogP contribution in [0.4, 0.5) is 0 Å². The maximum Gasteiger partial charge on any atom is 0.265 e. The molecule has 0 spiro atoms. The van der Waals surface area contributed by atoms with Crippen molar-refractivity contribution >= 4 is 28.8 Å². The molecule has 2 aliphatic rings. The van der Waals surface area contributed by atoms with Crippen LogP contribution in [-0.4, -0.2) is 35.1 Å². The number of nitrogens with zero attached hydrogens (tertiary/aromatic N) is 1. The normalized spacial score (nSPS) is 31.9. The van der Waals surface area contributed by atoms with Gasteiger partial charge in [-0.05, 0) is 30.2 Å². The minimum atomic E-state index is -0.225. The third kappa shape index (κ3) is 1.88. The molecule has 1 aromatic rings. The van der Waals surface area contributed by atoms with Crippen molar-refractivity contribution in [1.82, 2.24) is 4.90 Å². The Labute approximate surface area is 109 Å². The fraction of sp³-hybridized carbons (Fsp3) is 0.583. The Morgan fingerprint density at radius 3 is 2.94 bits per heavy atom. The quantitative estimate of drug-likeness (QED) is 0.851. The van der Waals surface area contributed by atoms with Gasteiger partial charge in [0.2, 0.25) is 0 Å². The van der Waals surface area contributed by atoms with Gasteiger partial charge in [0.15, 0.2) is 0 Å². The number of carbonyl (C=O) groups excluding carboxylic acids is 1. The molecule has 1 aromatic heterocycles. The van der Waals surface area contributed by atoms with Gasteiger partial charge in [-0.25, -0.2) is 0 Å². The number of carbonyl (C=O) groups is 1. The van der Waals surface area contributed by atoms with Gasteiger partial charge in [0, 0.05) is 19.0 Å². The molecule has 1 N–H and O–H groups in total. The zero-order valence-corrected chi connectivity index (χ0v) is 10.9. The maximum absolute atomic E-state index is 12.2. The van der Waals surface area contributed by atoms with Crippen LogP contribution < -0.4 is 0 Å². The highest BCUT2D eigenvalue weighted by molar-refractivity contribution is 7.12. The number of thiophene rings is 1. The van der Waals surface area contributed by atoms with Gasteiger partial charge in [-0.3, -0.25) is 4.79 Å². The fourth-order valence-corrected chi connectivity index (χ4v) is 4.10. The van der Waals surface area contributed by atoms with E-state index in [1.165, 1.54) is 11.3 Å². The van der Waals surface area contributed by atoms with Gasteiger partial charge in [-0.15, -0.1) is 11.3 Å². The number of hydrogen-bond acceptors (Lipinski definition) is 3. The summed E-state index contributed by atoms with van der Waals surface area (Å²) in [5.41, 5.74) is 0. The van der Waals surface area contributed by atoms with Gasteiger partial charge in [0.1, 0.15) is 4.88 Å². The molecule has 3 atom stereocenters. The van der Waals surface area contributed by atoms with E-state index in [-0.39, 0.29) is 17.9 Å². The Kier molecular flexibility index (Phi) is 2.89. The molecule has 5 heteroatoms. The summed E-state index contributed by atoms with van der Waals surface area (Å²) < 4.78 is 0. The van der Waals surface area contributed by atoms with Gasteiger partial charge in [0.05, 0.1) is 11.1 Å². The van der Waals surface area contributed by atoms with Crippen LogP contribution in [0.5, 0.6) is 0 Å². The molecule has 0 bridgehead atoms. The zero-order chi connectivity index (χ0) is 12.0. The van der Waals surface area contributed by atoms with E-state index >= 15 is 0 Å². The summed E-state index contributed by atoms with van der Waals surface area (Å²) in [6.45, 7) is 1.45. The van der Waals surface area contributed by atoms with Crippen molar-refractivity contribution in [3.8, 4) is 0 Å². The van der Waals surface area contributed by atoms with Crippen molar-refractivity contribution < 1.29 is 9.90 Å². The monoisotopic (exact) mass is 271 g/mol. The Morgan fingerprint density at radius 1 is 1.47 bits per heavy atom. The summed E-state index contributed by atoms with van der Waals surface area (Å²) in [6.07, 6.45) is 1.70. The smallest absolute Gasteiger partial charge is 0.265 e. The summed E-state index contributed by atoms with van der Waals surface area (Å²) in [5, 5.41) is 12.2. The molecule has 3 nitrogen and oxygen atoms in total. The summed E-state index contributed by atoms with van der Waals surface area (Å²) in [7, 11) is 0. The van der Waals surface area contributed by atoms with E-state index in [0.29, 0.717) is 22.4 Å². The molecule has 3 unspecified atom stereocenters. The highest BCUT2D eigenvalue weighted by Gasteiger charge is 2.43. The number of fused-ring (bicyclic) bond motifs is 1. The summed E-state index contributed by atoms with van der Waals surface area (Å²) in [4.78, 5) is 14.7. The number of aliphatic hydroxyl groups is 1. The molecule has 1 aliphatic carbocycles. The molecule has 1 amide bonds. The average Bonchev–Trinajstić information content (AvgIpc) is 2.96. The second kappa shape index (κ2) is 4.26. The number of rotatable bonds is 1. The minimum absolute atomic E-state index is 0.0200. The van der Waals surface area contributed by atoms with Crippen molar-refractivity contribution in [3.63, 3.8) is 0 Å². The van der Waals surface area contributed by atoms with Crippen LogP contribution in [0.2, 0.25) is 5.02 Å². The maximum atomic E-state index is 12.2. The van der Waals surface area contributed by atoms with Crippen molar-refractivity contribution in [1.29, 1.82) is 0 Å². The standard InChI is InChI=1S/C12H14ClNO2S/c13-9-3-4-17-11(9)12(16)14-5-7-1-2-10(15)8(7)6-14/h3-4,7-8,10,15H,1-2,5-6H2. The van der Waals surface area contributed by atoms with Crippen molar-refractivity contribution in [2.45, 2.75) is 18.9 Å². The van der Waals surface area contributed by atoms with Gasteiger partial charge < -0.3 is 10.0 Å². The van der Waals surface area contributed by atoms with Gasteiger partial charge >= 0.3 is 0 Å². The molecule has 0 radical (unpaired) electrons. The SMILES string of the molecule is O=C(c1sccc1Cl)N1CC2CCC(O)C2C1. The predicted octanol–water partition coefficient (Wildman–Crippen LogP) is 2.24. The number of amides is 1. The van der Waals surface area contributed by atoms with E-state index in [0.717, 1.165) is 19.4 Å². The molecule has 1 saturated carbocycles. The number of likely N-dealkylation sites (tertiary alicyclic amines) is 1. The van der Waals surface area contributed by atoms with E-state index in [4.69, 9.17) is 11.6 Å². The lowest BCUT2D eigenvalue weighted by Gasteiger charge is -2.17. The van der Waals surface area contributed by atoms with E-state index < -0.39 is 0 Å². The highest BCUT2D eigenvalue weighted by Crippen LogP contribution is 2.39. The fourth-order valence-electron chi connectivity index (χ4n) is 2.99. The van der Waals surface area contributed by atoms with Crippen LogP contribution in [0, 0.1) is 11.8 Å².